The monoisotopic (exact) mass is 513 g/mol. The highest BCUT2D eigenvalue weighted by atomic mass is 16.3. The van der Waals surface area contributed by atoms with E-state index in [0.29, 0.717) is 23.6 Å². The first-order chi connectivity index (χ1) is 18.5. The van der Waals surface area contributed by atoms with E-state index in [4.69, 9.17) is 0 Å². The van der Waals surface area contributed by atoms with E-state index in [0.717, 1.165) is 56.9 Å². The Morgan fingerprint density at radius 2 is 2.03 bits per heavy atom. The Morgan fingerprint density at radius 3 is 2.79 bits per heavy atom. The molecule has 2 N–H and O–H groups in total. The molecule has 2 aliphatic carbocycles. The van der Waals surface area contributed by atoms with Gasteiger partial charge in [0.15, 0.2) is 0 Å². The summed E-state index contributed by atoms with van der Waals surface area (Å²) in [6.45, 7) is 10.4. The average molecular weight is 514 g/mol. The number of hydrogen-bond acceptors (Lipinski definition) is 4. The number of rotatable bonds is 4. The number of amides is 1. The number of aromatic hydroxyl groups is 1. The number of likely N-dealkylation sites (tertiary alicyclic amines) is 2. The Kier molecular flexibility index (Phi) is 5.90. The van der Waals surface area contributed by atoms with Gasteiger partial charge in [-0.3, -0.25) is 9.69 Å². The molecule has 1 saturated carbocycles. The molecule has 0 radical (unpaired) electrons. The molecule has 0 aromatic heterocycles. The molecule has 3 aliphatic heterocycles. The number of carbonyl (C=O) groups is 1. The summed E-state index contributed by atoms with van der Waals surface area (Å²) in [5.74, 6) is 2.26. The standard InChI is InChI=1S/C33H43N3O2/c1-3-28-30-25(21-36(28)31(38)23-9-5-4-6-10-23)18-32(2)29-16-24-11-12-26(37)17-27(24)33(30,32)13-15-35(29)20-22-8-7-14-34-19-22/h4-6,9-12,17,22,25,28-30,34,37H,3,7-8,13-16,18-21H2,1-2H3/t22?,25-,28?,29?,30?,32?,33?/m1/s1. The third kappa shape index (κ3) is 3.40. The number of benzene rings is 2. The highest BCUT2D eigenvalue weighted by Crippen LogP contribution is 2.71. The highest BCUT2D eigenvalue weighted by molar-refractivity contribution is 5.94. The van der Waals surface area contributed by atoms with Gasteiger partial charge in [0.2, 0.25) is 0 Å². The molecule has 5 heteroatoms. The number of nitrogens with one attached hydrogen (secondary N) is 1. The molecule has 5 aliphatic rings. The molecule has 7 atom stereocenters. The van der Waals surface area contributed by atoms with Gasteiger partial charge in [0.25, 0.3) is 5.91 Å². The van der Waals surface area contributed by atoms with Crippen molar-refractivity contribution in [1.82, 2.24) is 15.1 Å². The molecule has 5 nitrogen and oxygen atoms in total. The molecular weight excluding hydrogens is 470 g/mol. The Morgan fingerprint density at radius 1 is 1.18 bits per heavy atom. The molecule has 202 valence electrons. The maximum atomic E-state index is 13.8. The van der Waals surface area contributed by atoms with Crippen LogP contribution in [0.15, 0.2) is 48.5 Å². The molecule has 2 bridgehead atoms. The Hall–Kier alpha value is -2.37. The summed E-state index contributed by atoms with van der Waals surface area (Å²) < 4.78 is 0. The van der Waals surface area contributed by atoms with Gasteiger partial charge >= 0.3 is 0 Å². The average Bonchev–Trinajstić information content (AvgIpc) is 3.42. The first-order valence-corrected chi connectivity index (χ1v) is 15.1. The zero-order valence-corrected chi connectivity index (χ0v) is 23.0. The van der Waals surface area contributed by atoms with Crippen molar-refractivity contribution in [1.29, 1.82) is 0 Å². The van der Waals surface area contributed by atoms with Crippen LogP contribution < -0.4 is 5.32 Å². The van der Waals surface area contributed by atoms with Crippen LogP contribution in [0.25, 0.3) is 0 Å². The van der Waals surface area contributed by atoms with Crippen molar-refractivity contribution in [2.45, 2.75) is 69.9 Å². The molecule has 3 heterocycles. The second-order valence-corrected chi connectivity index (χ2v) is 13.2. The highest BCUT2D eigenvalue weighted by Gasteiger charge is 2.72. The molecule has 1 amide bonds. The molecule has 2 aromatic rings. The number of nitrogens with zero attached hydrogens (tertiary/aromatic N) is 2. The maximum Gasteiger partial charge on any atom is 0.254 e. The van der Waals surface area contributed by atoms with Crippen molar-refractivity contribution in [2.75, 3.05) is 32.7 Å². The second kappa shape index (κ2) is 9.09. The topological polar surface area (TPSA) is 55.8 Å². The van der Waals surface area contributed by atoms with E-state index in [1.807, 2.05) is 36.4 Å². The van der Waals surface area contributed by atoms with Crippen LogP contribution in [0.5, 0.6) is 5.75 Å². The first kappa shape index (κ1) is 24.7. The van der Waals surface area contributed by atoms with Crippen molar-refractivity contribution in [3.8, 4) is 5.75 Å². The van der Waals surface area contributed by atoms with Crippen molar-refractivity contribution in [3.63, 3.8) is 0 Å². The second-order valence-electron chi connectivity index (χ2n) is 13.2. The summed E-state index contributed by atoms with van der Waals surface area (Å²) >= 11 is 0. The van der Waals surface area contributed by atoms with Crippen LogP contribution in [0.2, 0.25) is 0 Å². The summed E-state index contributed by atoms with van der Waals surface area (Å²) in [6, 6.07) is 16.8. The van der Waals surface area contributed by atoms with E-state index in [9.17, 15) is 9.90 Å². The fourth-order valence-electron chi connectivity index (χ4n) is 10.2. The predicted octanol–water partition coefficient (Wildman–Crippen LogP) is 4.84. The molecule has 38 heavy (non-hydrogen) atoms. The van der Waals surface area contributed by atoms with Gasteiger partial charge in [0.05, 0.1) is 0 Å². The lowest BCUT2D eigenvalue weighted by Gasteiger charge is -2.63. The molecule has 7 rings (SSSR count). The fourth-order valence-corrected chi connectivity index (χ4v) is 10.2. The normalized spacial score (nSPS) is 37.9. The van der Waals surface area contributed by atoms with Gasteiger partial charge in [-0.15, -0.1) is 0 Å². The quantitative estimate of drug-likeness (QED) is 0.615. The third-order valence-corrected chi connectivity index (χ3v) is 11.6. The minimum atomic E-state index is 0.00235. The van der Waals surface area contributed by atoms with Crippen LogP contribution in [0, 0.1) is 23.2 Å². The van der Waals surface area contributed by atoms with Gasteiger partial charge in [0, 0.05) is 36.2 Å². The lowest BCUT2D eigenvalue weighted by atomic mass is 9.48. The Bertz CT molecular complexity index is 1210. The number of phenols is 1. The van der Waals surface area contributed by atoms with Gasteiger partial charge in [-0.1, -0.05) is 38.1 Å². The van der Waals surface area contributed by atoms with E-state index in [2.05, 4.69) is 41.1 Å². The Labute approximate surface area is 227 Å². The smallest absolute Gasteiger partial charge is 0.254 e. The summed E-state index contributed by atoms with van der Waals surface area (Å²) in [7, 11) is 0. The maximum absolute atomic E-state index is 13.8. The zero-order chi connectivity index (χ0) is 26.1. The van der Waals surface area contributed by atoms with Crippen LogP contribution in [-0.4, -0.2) is 65.6 Å². The molecule has 2 aromatic carbocycles. The van der Waals surface area contributed by atoms with Crippen molar-refractivity contribution >= 4 is 5.91 Å². The van der Waals surface area contributed by atoms with Crippen molar-refractivity contribution in [2.24, 2.45) is 23.2 Å². The number of piperidine rings is 2. The fraction of sp³-hybridized carbons (Fsp3) is 0.606. The van der Waals surface area contributed by atoms with Crippen LogP contribution in [0.1, 0.15) is 67.4 Å². The third-order valence-electron chi connectivity index (χ3n) is 11.6. The van der Waals surface area contributed by atoms with E-state index in [1.165, 1.54) is 36.9 Å². The zero-order valence-electron chi connectivity index (χ0n) is 23.0. The van der Waals surface area contributed by atoms with Gasteiger partial charge in [-0.25, -0.2) is 0 Å². The van der Waals surface area contributed by atoms with E-state index >= 15 is 0 Å². The molecule has 6 unspecified atom stereocenters. The van der Waals surface area contributed by atoms with Crippen LogP contribution in [0.3, 0.4) is 0 Å². The predicted molar refractivity (Wildman–Crippen MR) is 150 cm³/mol. The number of carbonyl (C=O) groups excluding carboxylic acids is 1. The lowest BCUT2D eigenvalue weighted by Crippen LogP contribution is -2.67. The van der Waals surface area contributed by atoms with Gasteiger partial charge in [0.1, 0.15) is 5.75 Å². The van der Waals surface area contributed by atoms with Crippen molar-refractivity contribution in [3.05, 3.63) is 65.2 Å². The molecular formula is C33H43N3O2. The number of hydrogen-bond donors (Lipinski definition) is 2. The minimum absolute atomic E-state index is 0.00235. The largest absolute Gasteiger partial charge is 0.508 e. The molecule has 0 spiro atoms. The Balaban J connectivity index is 1.30. The summed E-state index contributed by atoms with van der Waals surface area (Å²) in [5.41, 5.74) is 3.79. The summed E-state index contributed by atoms with van der Waals surface area (Å²) in [6.07, 6.45) is 6.99. The number of phenolic OH excluding ortho intramolecular Hbond substituents is 1. The van der Waals surface area contributed by atoms with Gasteiger partial charge in [-0.2, -0.15) is 0 Å². The number of fused-ring (bicyclic) bond motifs is 2. The van der Waals surface area contributed by atoms with Gasteiger partial charge < -0.3 is 15.3 Å². The van der Waals surface area contributed by atoms with E-state index in [1.54, 1.807) is 0 Å². The van der Waals surface area contributed by atoms with E-state index in [-0.39, 0.29) is 22.8 Å². The molecule has 4 fully saturated rings. The first-order valence-electron chi connectivity index (χ1n) is 15.1. The van der Waals surface area contributed by atoms with Crippen LogP contribution in [0.4, 0.5) is 0 Å². The SMILES string of the molecule is CCC1C2[C@@H](CN1C(=O)c1ccccc1)CC1(C)C3Cc4ccc(O)cc4C21CCN3CC1CCCNC1. The van der Waals surface area contributed by atoms with E-state index < -0.39 is 0 Å². The lowest BCUT2D eigenvalue weighted by molar-refractivity contribution is -0.0673. The summed E-state index contributed by atoms with van der Waals surface area (Å²) in [5, 5.41) is 14.4. The van der Waals surface area contributed by atoms with Gasteiger partial charge in [-0.05, 0) is 117 Å². The van der Waals surface area contributed by atoms with Crippen molar-refractivity contribution < 1.29 is 9.90 Å². The summed E-state index contributed by atoms with van der Waals surface area (Å²) in [4.78, 5) is 18.9. The van der Waals surface area contributed by atoms with Crippen LogP contribution in [-0.2, 0) is 11.8 Å². The van der Waals surface area contributed by atoms with Crippen LogP contribution >= 0.6 is 0 Å². The molecule has 3 saturated heterocycles. The minimum Gasteiger partial charge on any atom is -0.508 e.